The molecule has 2 fully saturated rings. The van der Waals surface area contributed by atoms with E-state index in [1.807, 2.05) is 0 Å². The number of likely N-dealkylation sites (tertiary alicyclic amines) is 1. The van der Waals surface area contributed by atoms with E-state index in [1.54, 1.807) is 0 Å². The van der Waals surface area contributed by atoms with Crippen LogP contribution in [0.3, 0.4) is 0 Å². The van der Waals surface area contributed by atoms with Crippen LogP contribution in [0.5, 0.6) is 0 Å². The van der Waals surface area contributed by atoms with Gasteiger partial charge < -0.3 is 10.6 Å². The molecule has 2 unspecified atom stereocenters. The molecule has 4 nitrogen and oxygen atoms in total. The van der Waals surface area contributed by atoms with Crippen LogP contribution >= 0.6 is 12.4 Å². The highest BCUT2D eigenvalue weighted by molar-refractivity contribution is 5.93. The summed E-state index contributed by atoms with van der Waals surface area (Å²) in [5.41, 5.74) is 4.51. The third kappa shape index (κ3) is 4.25. The smallest absolute Gasteiger partial charge is 0.238 e. The number of carbonyl (C=O) groups excluding carboxylic acids is 1. The minimum absolute atomic E-state index is 0. The van der Waals surface area contributed by atoms with Crippen molar-refractivity contribution in [2.75, 3.05) is 38.0 Å². The molecular formula is C18H28ClN3O. The van der Waals surface area contributed by atoms with Gasteiger partial charge >= 0.3 is 0 Å². The monoisotopic (exact) mass is 337 g/mol. The van der Waals surface area contributed by atoms with E-state index in [0.29, 0.717) is 6.54 Å². The van der Waals surface area contributed by atoms with E-state index in [9.17, 15) is 4.79 Å². The van der Waals surface area contributed by atoms with Crippen LogP contribution in [0, 0.1) is 32.6 Å². The molecule has 23 heavy (non-hydrogen) atoms. The molecule has 0 spiro atoms. The van der Waals surface area contributed by atoms with Crippen molar-refractivity contribution in [2.45, 2.75) is 27.2 Å². The molecule has 5 heteroatoms. The zero-order valence-electron chi connectivity index (χ0n) is 14.3. The van der Waals surface area contributed by atoms with Crippen LogP contribution < -0.4 is 10.6 Å². The summed E-state index contributed by atoms with van der Waals surface area (Å²) in [6.45, 7) is 11.1. The Hall–Kier alpha value is -1.10. The summed E-state index contributed by atoms with van der Waals surface area (Å²) < 4.78 is 0. The molecule has 0 saturated carbocycles. The minimum Gasteiger partial charge on any atom is -0.324 e. The molecule has 1 aromatic rings. The van der Waals surface area contributed by atoms with Crippen molar-refractivity contribution in [1.82, 2.24) is 10.2 Å². The molecule has 3 rings (SSSR count). The lowest BCUT2D eigenvalue weighted by Gasteiger charge is -2.34. The summed E-state index contributed by atoms with van der Waals surface area (Å²) in [6, 6.07) is 4.25. The number of amides is 1. The maximum atomic E-state index is 12.4. The lowest BCUT2D eigenvalue weighted by atomic mass is 9.89. The SMILES string of the molecule is Cc1cc(C)c(NC(=O)CN2CCC3CNCC3C2)c(C)c1.Cl. The highest BCUT2D eigenvalue weighted by Crippen LogP contribution is 2.26. The molecule has 2 aliphatic heterocycles. The van der Waals surface area contributed by atoms with Gasteiger partial charge in [0.2, 0.25) is 5.91 Å². The fourth-order valence-corrected chi connectivity index (χ4v) is 4.01. The fourth-order valence-electron chi connectivity index (χ4n) is 4.01. The molecule has 1 amide bonds. The molecule has 2 atom stereocenters. The summed E-state index contributed by atoms with van der Waals surface area (Å²) in [5, 5.41) is 6.59. The molecule has 0 bridgehead atoms. The van der Waals surface area contributed by atoms with Gasteiger partial charge in [-0.05, 0) is 69.8 Å². The van der Waals surface area contributed by atoms with Crippen molar-refractivity contribution in [1.29, 1.82) is 0 Å². The Labute approximate surface area is 145 Å². The third-order valence-corrected chi connectivity index (χ3v) is 5.10. The number of rotatable bonds is 3. The first kappa shape index (κ1) is 18.2. The highest BCUT2D eigenvalue weighted by atomic mass is 35.5. The van der Waals surface area contributed by atoms with E-state index in [-0.39, 0.29) is 18.3 Å². The van der Waals surface area contributed by atoms with Crippen LogP contribution in [0.2, 0.25) is 0 Å². The van der Waals surface area contributed by atoms with Crippen LogP contribution in [0.1, 0.15) is 23.1 Å². The van der Waals surface area contributed by atoms with Gasteiger partial charge in [-0.15, -0.1) is 12.4 Å². The van der Waals surface area contributed by atoms with Crippen molar-refractivity contribution >= 4 is 24.0 Å². The van der Waals surface area contributed by atoms with Crippen LogP contribution in [-0.2, 0) is 4.79 Å². The first-order chi connectivity index (χ1) is 10.5. The number of hydrogen-bond donors (Lipinski definition) is 2. The standard InChI is InChI=1S/C18H27N3O.ClH/c1-12-6-13(2)18(14(3)7-12)20-17(22)11-21-5-4-15-8-19-9-16(15)10-21;/h6-7,15-16,19H,4-5,8-11H2,1-3H3,(H,20,22);1H. The van der Waals surface area contributed by atoms with Gasteiger partial charge in [0, 0.05) is 12.2 Å². The lowest BCUT2D eigenvalue weighted by Crippen LogP contribution is -2.43. The van der Waals surface area contributed by atoms with Crippen LogP contribution in [-0.4, -0.2) is 43.5 Å². The molecule has 2 aliphatic rings. The molecular weight excluding hydrogens is 310 g/mol. The largest absolute Gasteiger partial charge is 0.324 e. The number of piperidine rings is 1. The Kier molecular flexibility index (Phi) is 6.06. The Morgan fingerprint density at radius 1 is 1.22 bits per heavy atom. The average molecular weight is 338 g/mol. The quantitative estimate of drug-likeness (QED) is 0.890. The molecule has 128 valence electrons. The summed E-state index contributed by atoms with van der Waals surface area (Å²) in [5.74, 6) is 1.66. The van der Waals surface area contributed by atoms with Gasteiger partial charge in [0.1, 0.15) is 0 Å². The van der Waals surface area contributed by atoms with Gasteiger partial charge in [-0.25, -0.2) is 0 Å². The zero-order valence-corrected chi connectivity index (χ0v) is 15.1. The fraction of sp³-hybridized carbons (Fsp3) is 0.611. The number of aryl methyl sites for hydroxylation is 3. The first-order valence-electron chi connectivity index (χ1n) is 8.33. The van der Waals surface area contributed by atoms with E-state index >= 15 is 0 Å². The molecule has 0 aliphatic carbocycles. The second-order valence-electron chi connectivity index (χ2n) is 7.02. The maximum Gasteiger partial charge on any atom is 0.238 e. The normalized spacial score (nSPS) is 24.0. The highest BCUT2D eigenvalue weighted by Gasteiger charge is 2.33. The maximum absolute atomic E-state index is 12.4. The second-order valence-corrected chi connectivity index (χ2v) is 7.02. The summed E-state index contributed by atoms with van der Waals surface area (Å²) in [7, 11) is 0. The van der Waals surface area contributed by atoms with E-state index < -0.39 is 0 Å². The predicted octanol–water partition coefficient (Wildman–Crippen LogP) is 2.51. The topological polar surface area (TPSA) is 44.4 Å². The van der Waals surface area contributed by atoms with Crippen molar-refractivity contribution in [3.63, 3.8) is 0 Å². The first-order valence-corrected chi connectivity index (χ1v) is 8.33. The minimum atomic E-state index is 0. The van der Waals surface area contributed by atoms with Gasteiger partial charge in [-0.1, -0.05) is 17.7 Å². The molecule has 1 aromatic carbocycles. The van der Waals surface area contributed by atoms with Gasteiger partial charge in [-0.3, -0.25) is 9.69 Å². The Balaban J connectivity index is 0.00000192. The molecule has 2 heterocycles. The lowest BCUT2D eigenvalue weighted by molar-refractivity contribution is -0.117. The number of nitrogens with one attached hydrogen (secondary N) is 2. The predicted molar refractivity (Wildman–Crippen MR) is 97.4 cm³/mol. The van der Waals surface area contributed by atoms with E-state index in [4.69, 9.17) is 0 Å². The third-order valence-electron chi connectivity index (χ3n) is 5.10. The number of hydrogen-bond acceptors (Lipinski definition) is 3. The van der Waals surface area contributed by atoms with Crippen molar-refractivity contribution in [3.8, 4) is 0 Å². The Morgan fingerprint density at radius 2 is 1.87 bits per heavy atom. The molecule has 0 aromatic heterocycles. The number of benzene rings is 1. The second kappa shape index (κ2) is 7.65. The summed E-state index contributed by atoms with van der Waals surface area (Å²) >= 11 is 0. The number of carbonyl (C=O) groups is 1. The number of anilines is 1. The number of fused-ring (bicyclic) bond motifs is 1. The molecule has 2 N–H and O–H groups in total. The van der Waals surface area contributed by atoms with Crippen molar-refractivity contribution < 1.29 is 4.79 Å². The Bertz CT molecular complexity index is 552. The van der Waals surface area contributed by atoms with E-state index in [0.717, 1.165) is 54.8 Å². The van der Waals surface area contributed by atoms with Crippen molar-refractivity contribution in [2.24, 2.45) is 11.8 Å². The average Bonchev–Trinajstić information content (AvgIpc) is 2.90. The molecule has 2 saturated heterocycles. The number of nitrogens with zero attached hydrogens (tertiary/aromatic N) is 1. The summed E-state index contributed by atoms with van der Waals surface area (Å²) in [4.78, 5) is 14.7. The Morgan fingerprint density at radius 3 is 2.57 bits per heavy atom. The van der Waals surface area contributed by atoms with Crippen LogP contribution in [0.25, 0.3) is 0 Å². The van der Waals surface area contributed by atoms with Gasteiger partial charge in [-0.2, -0.15) is 0 Å². The van der Waals surface area contributed by atoms with Gasteiger partial charge in [0.05, 0.1) is 6.54 Å². The van der Waals surface area contributed by atoms with Crippen LogP contribution in [0.15, 0.2) is 12.1 Å². The van der Waals surface area contributed by atoms with Crippen molar-refractivity contribution in [3.05, 3.63) is 28.8 Å². The zero-order chi connectivity index (χ0) is 15.7. The van der Waals surface area contributed by atoms with Gasteiger partial charge in [0.15, 0.2) is 0 Å². The molecule has 0 radical (unpaired) electrons. The number of halogens is 1. The summed E-state index contributed by atoms with van der Waals surface area (Å²) in [6.07, 6.45) is 1.22. The van der Waals surface area contributed by atoms with Crippen LogP contribution in [0.4, 0.5) is 5.69 Å². The van der Waals surface area contributed by atoms with E-state index in [2.05, 4.69) is 48.4 Å². The van der Waals surface area contributed by atoms with Gasteiger partial charge in [0.25, 0.3) is 0 Å². The van der Waals surface area contributed by atoms with E-state index in [1.165, 1.54) is 12.0 Å².